The van der Waals surface area contributed by atoms with Gasteiger partial charge in [0.15, 0.2) is 0 Å². The van der Waals surface area contributed by atoms with Crippen molar-refractivity contribution in [2.24, 2.45) is 0 Å². The summed E-state index contributed by atoms with van der Waals surface area (Å²) in [5.74, 6) is 0. The van der Waals surface area contributed by atoms with Gasteiger partial charge in [0.05, 0.1) is 0 Å². The standard InChI is InChI=1S/C17H18Si/c18-17(13-11-15-7-3-1-4-8-15)14-12-16-9-5-2-6-10-16/h1-14,17H,18H3. The summed E-state index contributed by atoms with van der Waals surface area (Å²) < 4.78 is 0. The third kappa shape index (κ3) is 4.19. The van der Waals surface area contributed by atoms with Crippen LogP contribution in [-0.2, 0) is 0 Å². The molecule has 2 rings (SSSR count). The third-order valence-electron chi connectivity index (χ3n) is 2.78. The topological polar surface area (TPSA) is 0 Å². The van der Waals surface area contributed by atoms with E-state index in [0.29, 0.717) is 5.54 Å². The number of allylic oxidation sites excluding steroid dienone is 2. The van der Waals surface area contributed by atoms with Crippen molar-refractivity contribution in [2.45, 2.75) is 5.54 Å². The molecule has 90 valence electrons. The number of benzene rings is 2. The van der Waals surface area contributed by atoms with Gasteiger partial charge in [-0.1, -0.05) is 85.0 Å². The highest BCUT2D eigenvalue weighted by atomic mass is 28.1. The Morgan fingerprint density at radius 3 is 1.44 bits per heavy atom. The molecule has 2 aromatic carbocycles. The van der Waals surface area contributed by atoms with Gasteiger partial charge in [0.2, 0.25) is 0 Å². The normalized spacial score (nSPS) is 13.3. The van der Waals surface area contributed by atoms with Crippen LogP contribution < -0.4 is 0 Å². The van der Waals surface area contributed by atoms with Crippen LogP contribution in [0, 0.1) is 0 Å². The molecule has 18 heavy (non-hydrogen) atoms. The van der Waals surface area contributed by atoms with Crippen molar-refractivity contribution in [3.05, 3.63) is 83.9 Å². The molecular formula is C17H18Si. The first kappa shape index (κ1) is 12.6. The Morgan fingerprint density at radius 2 is 1.06 bits per heavy atom. The van der Waals surface area contributed by atoms with E-state index in [0.717, 1.165) is 10.2 Å². The number of rotatable bonds is 4. The summed E-state index contributed by atoms with van der Waals surface area (Å²) in [5, 5.41) is 0. The second-order valence-electron chi connectivity index (χ2n) is 4.40. The lowest BCUT2D eigenvalue weighted by Crippen LogP contribution is -1.81. The van der Waals surface area contributed by atoms with Crippen molar-refractivity contribution < 1.29 is 0 Å². The van der Waals surface area contributed by atoms with Crippen LogP contribution in [0.3, 0.4) is 0 Å². The lowest BCUT2D eigenvalue weighted by molar-refractivity contribution is 1.40. The van der Waals surface area contributed by atoms with E-state index in [2.05, 4.69) is 72.8 Å². The summed E-state index contributed by atoms with van der Waals surface area (Å²) in [5.41, 5.74) is 3.11. The van der Waals surface area contributed by atoms with Gasteiger partial charge in [0.1, 0.15) is 0 Å². The van der Waals surface area contributed by atoms with Crippen LogP contribution in [-0.4, -0.2) is 10.2 Å². The SMILES string of the molecule is [SiH3]C(C=Cc1ccccc1)C=Cc1ccccc1. The molecule has 0 atom stereocenters. The monoisotopic (exact) mass is 250 g/mol. The Morgan fingerprint density at radius 1 is 0.667 bits per heavy atom. The summed E-state index contributed by atoms with van der Waals surface area (Å²) in [4.78, 5) is 0. The van der Waals surface area contributed by atoms with E-state index in [1.54, 1.807) is 0 Å². The van der Waals surface area contributed by atoms with Crippen molar-refractivity contribution in [3.63, 3.8) is 0 Å². The number of hydrogen-bond acceptors (Lipinski definition) is 0. The maximum Gasteiger partial charge on any atom is 0.0163 e. The third-order valence-corrected chi connectivity index (χ3v) is 3.55. The van der Waals surface area contributed by atoms with Gasteiger partial charge < -0.3 is 0 Å². The molecule has 0 spiro atoms. The Hall–Kier alpha value is -1.86. The van der Waals surface area contributed by atoms with Gasteiger partial charge in [-0.15, -0.1) is 0 Å². The maximum absolute atomic E-state index is 2.28. The van der Waals surface area contributed by atoms with E-state index in [1.165, 1.54) is 11.1 Å². The van der Waals surface area contributed by atoms with Crippen molar-refractivity contribution >= 4 is 22.4 Å². The minimum absolute atomic E-state index is 0.574. The van der Waals surface area contributed by atoms with E-state index >= 15 is 0 Å². The van der Waals surface area contributed by atoms with Gasteiger partial charge in [-0.25, -0.2) is 0 Å². The molecule has 0 unspecified atom stereocenters. The second kappa shape index (κ2) is 6.77. The summed E-state index contributed by atoms with van der Waals surface area (Å²) in [6, 6.07) is 20.9. The van der Waals surface area contributed by atoms with Crippen LogP contribution in [0.2, 0.25) is 5.54 Å². The van der Waals surface area contributed by atoms with Crippen LogP contribution in [0.25, 0.3) is 12.2 Å². The fourth-order valence-corrected chi connectivity index (χ4v) is 2.10. The average Bonchev–Trinajstić information content (AvgIpc) is 2.45. The Labute approximate surface area is 112 Å². The van der Waals surface area contributed by atoms with Gasteiger partial charge in [0.25, 0.3) is 0 Å². The molecule has 0 saturated carbocycles. The van der Waals surface area contributed by atoms with Crippen LogP contribution in [0.5, 0.6) is 0 Å². The molecule has 0 heterocycles. The molecular weight excluding hydrogens is 232 g/mol. The van der Waals surface area contributed by atoms with Gasteiger partial charge >= 0.3 is 0 Å². The summed E-state index contributed by atoms with van der Waals surface area (Å²) in [6.45, 7) is 0. The van der Waals surface area contributed by atoms with Crippen LogP contribution in [0.15, 0.2) is 72.8 Å². The predicted molar refractivity (Wildman–Crippen MR) is 84.6 cm³/mol. The molecule has 1 heteroatoms. The summed E-state index contributed by atoms with van der Waals surface area (Å²) in [7, 11) is 1.14. The van der Waals surface area contributed by atoms with Crippen LogP contribution in [0.4, 0.5) is 0 Å². The Bertz CT molecular complexity index is 462. The van der Waals surface area contributed by atoms with E-state index in [4.69, 9.17) is 0 Å². The zero-order valence-electron chi connectivity index (χ0n) is 10.7. The molecule has 0 aliphatic heterocycles. The van der Waals surface area contributed by atoms with Gasteiger partial charge in [-0.2, -0.15) is 0 Å². The molecule has 0 bridgehead atoms. The van der Waals surface area contributed by atoms with E-state index < -0.39 is 0 Å². The molecule has 0 aromatic heterocycles. The zero-order chi connectivity index (χ0) is 12.6. The minimum Gasteiger partial charge on any atom is -0.0808 e. The quantitative estimate of drug-likeness (QED) is 0.728. The highest BCUT2D eigenvalue weighted by Crippen LogP contribution is 2.11. The largest absolute Gasteiger partial charge is 0.0808 e. The lowest BCUT2D eigenvalue weighted by atomic mass is 10.1. The molecule has 0 amide bonds. The van der Waals surface area contributed by atoms with Crippen molar-refractivity contribution in [2.75, 3.05) is 0 Å². The molecule has 0 radical (unpaired) electrons. The first-order chi connectivity index (χ1) is 8.84. The summed E-state index contributed by atoms with van der Waals surface area (Å²) in [6.07, 6.45) is 8.96. The van der Waals surface area contributed by atoms with E-state index in [1.807, 2.05) is 12.1 Å². The number of hydrogen-bond donors (Lipinski definition) is 0. The molecule has 0 saturated heterocycles. The summed E-state index contributed by atoms with van der Waals surface area (Å²) >= 11 is 0. The van der Waals surface area contributed by atoms with Crippen molar-refractivity contribution in [1.29, 1.82) is 0 Å². The molecule has 0 aliphatic carbocycles. The average molecular weight is 250 g/mol. The maximum atomic E-state index is 2.28. The Balaban J connectivity index is 1.95. The van der Waals surface area contributed by atoms with Gasteiger partial charge in [-0.3, -0.25) is 0 Å². The van der Waals surface area contributed by atoms with E-state index in [-0.39, 0.29) is 0 Å². The lowest BCUT2D eigenvalue weighted by Gasteiger charge is -1.98. The molecule has 0 aliphatic rings. The molecule has 0 N–H and O–H groups in total. The first-order valence-electron chi connectivity index (χ1n) is 6.31. The predicted octanol–water partition coefficient (Wildman–Crippen LogP) is 3.57. The molecule has 2 aromatic rings. The Kier molecular flexibility index (Phi) is 4.74. The first-order valence-corrected chi connectivity index (χ1v) is 7.46. The van der Waals surface area contributed by atoms with Crippen LogP contribution in [0.1, 0.15) is 11.1 Å². The fourth-order valence-electron chi connectivity index (χ4n) is 1.72. The van der Waals surface area contributed by atoms with Gasteiger partial charge in [0, 0.05) is 10.2 Å². The fraction of sp³-hybridized carbons (Fsp3) is 0.0588. The smallest absolute Gasteiger partial charge is 0.0163 e. The molecule has 0 fully saturated rings. The van der Waals surface area contributed by atoms with Crippen molar-refractivity contribution in [1.82, 2.24) is 0 Å². The van der Waals surface area contributed by atoms with Crippen molar-refractivity contribution in [3.8, 4) is 0 Å². The second-order valence-corrected chi connectivity index (χ2v) is 5.73. The van der Waals surface area contributed by atoms with Crippen LogP contribution >= 0.6 is 0 Å². The highest BCUT2D eigenvalue weighted by molar-refractivity contribution is 6.15. The minimum atomic E-state index is 0.574. The van der Waals surface area contributed by atoms with E-state index in [9.17, 15) is 0 Å². The molecule has 0 nitrogen and oxygen atoms in total. The van der Waals surface area contributed by atoms with Gasteiger partial charge in [-0.05, 0) is 16.7 Å². The highest BCUT2D eigenvalue weighted by Gasteiger charge is 1.91. The zero-order valence-corrected chi connectivity index (χ0v) is 12.7.